The Morgan fingerprint density at radius 1 is 1.24 bits per heavy atom. The Labute approximate surface area is 133 Å². The summed E-state index contributed by atoms with van der Waals surface area (Å²) in [6.07, 6.45) is 0.911. The van der Waals surface area contributed by atoms with Crippen LogP contribution in [-0.4, -0.2) is 58.7 Å². The quantitative estimate of drug-likeness (QED) is 0.416. The molecule has 21 heavy (non-hydrogen) atoms. The van der Waals surface area contributed by atoms with Gasteiger partial charge in [0.1, 0.15) is 5.75 Å². The lowest BCUT2D eigenvalue weighted by Crippen LogP contribution is -2.29. The SMILES string of the molecule is COc1cc(N(C)CCN(C)C)c(NCCCCl)cc1N. The predicted octanol–water partition coefficient (Wildman–Crippen LogP) is 2.32. The number of alkyl halides is 1. The summed E-state index contributed by atoms with van der Waals surface area (Å²) in [5.41, 5.74) is 8.74. The van der Waals surface area contributed by atoms with Gasteiger partial charge in [-0.1, -0.05) is 0 Å². The van der Waals surface area contributed by atoms with E-state index in [1.165, 1.54) is 0 Å². The van der Waals surface area contributed by atoms with Crippen LogP contribution in [0.1, 0.15) is 6.42 Å². The van der Waals surface area contributed by atoms with E-state index in [0.717, 1.165) is 37.4 Å². The Morgan fingerprint density at radius 3 is 2.52 bits per heavy atom. The highest BCUT2D eigenvalue weighted by atomic mass is 35.5. The first-order valence-electron chi connectivity index (χ1n) is 7.12. The summed E-state index contributed by atoms with van der Waals surface area (Å²) in [6, 6.07) is 3.91. The lowest BCUT2D eigenvalue weighted by atomic mass is 10.2. The molecule has 0 aliphatic heterocycles. The smallest absolute Gasteiger partial charge is 0.143 e. The van der Waals surface area contributed by atoms with Gasteiger partial charge in [0, 0.05) is 38.6 Å². The number of methoxy groups -OCH3 is 1. The average Bonchev–Trinajstić information content (AvgIpc) is 2.45. The minimum atomic E-state index is 0.635. The number of nitrogens with two attached hydrogens (primary N) is 1. The van der Waals surface area contributed by atoms with Crippen LogP contribution in [0.2, 0.25) is 0 Å². The van der Waals surface area contributed by atoms with Crippen LogP contribution >= 0.6 is 11.6 Å². The molecule has 1 aromatic rings. The molecule has 0 aliphatic rings. The Bertz CT molecular complexity index is 440. The molecule has 0 atom stereocenters. The monoisotopic (exact) mass is 314 g/mol. The third-order valence-electron chi connectivity index (χ3n) is 3.27. The molecule has 120 valence electrons. The first-order valence-corrected chi connectivity index (χ1v) is 7.66. The molecule has 0 saturated heterocycles. The van der Waals surface area contributed by atoms with Crippen molar-refractivity contribution < 1.29 is 4.74 Å². The van der Waals surface area contributed by atoms with Crippen molar-refractivity contribution in [2.24, 2.45) is 0 Å². The summed E-state index contributed by atoms with van der Waals surface area (Å²) in [7, 11) is 7.84. The van der Waals surface area contributed by atoms with E-state index in [9.17, 15) is 0 Å². The fraction of sp³-hybridized carbons (Fsp3) is 0.600. The van der Waals surface area contributed by atoms with E-state index < -0.39 is 0 Å². The number of benzene rings is 1. The van der Waals surface area contributed by atoms with E-state index >= 15 is 0 Å². The summed E-state index contributed by atoms with van der Waals surface area (Å²) in [6.45, 7) is 2.72. The Morgan fingerprint density at radius 2 is 1.95 bits per heavy atom. The summed E-state index contributed by atoms with van der Waals surface area (Å²) >= 11 is 5.73. The number of ether oxygens (including phenoxy) is 1. The molecule has 0 bridgehead atoms. The zero-order chi connectivity index (χ0) is 15.8. The second-order valence-corrected chi connectivity index (χ2v) is 5.68. The number of anilines is 3. The van der Waals surface area contributed by atoms with E-state index in [1.807, 2.05) is 12.1 Å². The lowest BCUT2D eigenvalue weighted by Gasteiger charge is -2.25. The maximum Gasteiger partial charge on any atom is 0.143 e. The topological polar surface area (TPSA) is 53.8 Å². The Hall–Kier alpha value is -1.33. The molecular formula is C15H27ClN4O. The summed E-state index contributed by atoms with van der Waals surface area (Å²) in [5.74, 6) is 1.34. The fourth-order valence-electron chi connectivity index (χ4n) is 1.98. The van der Waals surface area contributed by atoms with Gasteiger partial charge in [-0.15, -0.1) is 11.6 Å². The molecule has 0 unspecified atom stereocenters. The molecule has 0 aliphatic carbocycles. The third-order valence-corrected chi connectivity index (χ3v) is 3.54. The second-order valence-electron chi connectivity index (χ2n) is 5.31. The molecule has 1 aromatic carbocycles. The molecule has 5 nitrogen and oxygen atoms in total. The minimum Gasteiger partial charge on any atom is -0.495 e. The summed E-state index contributed by atoms with van der Waals surface area (Å²) in [4.78, 5) is 4.36. The van der Waals surface area contributed by atoms with Crippen molar-refractivity contribution in [1.29, 1.82) is 0 Å². The molecule has 1 rings (SSSR count). The number of rotatable bonds is 9. The molecule has 0 heterocycles. The van der Waals surface area contributed by atoms with Crippen LogP contribution in [0.15, 0.2) is 12.1 Å². The van der Waals surface area contributed by atoms with Crippen molar-refractivity contribution in [3.63, 3.8) is 0 Å². The molecule has 0 aromatic heterocycles. The number of likely N-dealkylation sites (N-methyl/N-ethyl adjacent to an activating group) is 2. The van der Waals surface area contributed by atoms with Crippen LogP contribution in [-0.2, 0) is 0 Å². The van der Waals surface area contributed by atoms with Gasteiger partial charge in [-0.05, 0) is 26.6 Å². The van der Waals surface area contributed by atoms with Gasteiger partial charge in [-0.3, -0.25) is 0 Å². The number of hydrogen-bond acceptors (Lipinski definition) is 5. The Kier molecular flexibility index (Phi) is 7.47. The molecule has 0 radical (unpaired) electrons. The predicted molar refractivity (Wildman–Crippen MR) is 93.1 cm³/mol. The van der Waals surface area contributed by atoms with Crippen molar-refractivity contribution in [1.82, 2.24) is 4.90 Å². The van der Waals surface area contributed by atoms with E-state index in [0.29, 0.717) is 17.3 Å². The standard InChI is InChI=1S/C15H27ClN4O/c1-19(2)8-9-20(3)14-11-15(21-4)12(17)10-13(14)18-7-5-6-16/h10-11,18H,5-9,17H2,1-4H3. The molecular weight excluding hydrogens is 288 g/mol. The van der Waals surface area contributed by atoms with Crippen molar-refractivity contribution in [2.45, 2.75) is 6.42 Å². The van der Waals surface area contributed by atoms with Gasteiger partial charge >= 0.3 is 0 Å². The molecule has 3 N–H and O–H groups in total. The van der Waals surface area contributed by atoms with Crippen molar-refractivity contribution >= 4 is 28.7 Å². The van der Waals surface area contributed by atoms with Crippen molar-refractivity contribution in [3.05, 3.63) is 12.1 Å². The van der Waals surface area contributed by atoms with Gasteiger partial charge in [-0.25, -0.2) is 0 Å². The number of nitrogens with one attached hydrogen (secondary N) is 1. The zero-order valence-electron chi connectivity index (χ0n) is 13.4. The highest BCUT2D eigenvalue weighted by Crippen LogP contribution is 2.34. The van der Waals surface area contributed by atoms with Crippen LogP contribution in [0.5, 0.6) is 5.75 Å². The number of nitrogen functional groups attached to an aromatic ring is 1. The fourth-order valence-corrected chi connectivity index (χ4v) is 2.11. The Balaban J connectivity index is 2.95. The normalized spacial score (nSPS) is 10.8. The minimum absolute atomic E-state index is 0.635. The van der Waals surface area contributed by atoms with Gasteiger partial charge in [0.15, 0.2) is 0 Å². The van der Waals surface area contributed by atoms with Crippen LogP contribution in [0, 0.1) is 0 Å². The van der Waals surface area contributed by atoms with Crippen LogP contribution in [0.3, 0.4) is 0 Å². The lowest BCUT2D eigenvalue weighted by molar-refractivity contribution is 0.413. The van der Waals surface area contributed by atoms with Crippen molar-refractivity contribution in [2.75, 3.05) is 69.7 Å². The van der Waals surface area contributed by atoms with Crippen LogP contribution in [0.25, 0.3) is 0 Å². The highest BCUT2D eigenvalue weighted by Gasteiger charge is 2.12. The van der Waals surface area contributed by atoms with Crippen molar-refractivity contribution in [3.8, 4) is 5.75 Å². The second kappa shape index (κ2) is 8.85. The first kappa shape index (κ1) is 17.7. The van der Waals surface area contributed by atoms with E-state index in [1.54, 1.807) is 7.11 Å². The molecule has 0 amide bonds. The highest BCUT2D eigenvalue weighted by molar-refractivity contribution is 6.17. The largest absolute Gasteiger partial charge is 0.495 e. The molecule has 0 spiro atoms. The summed E-state index contributed by atoms with van der Waals surface area (Å²) < 4.78 is 5.33. The van der Waals surface area contributed by atoms with Gasteiger partial charge in [0.25, 0.3) is 0 Å². The first-order chi connectivity index (χ1) is 9.99. The van der Waals surface area contributed by atoms with Crippen LogP contribution < -0.4 is 20.7 Å². The number of nitrogens with zero attached hydrogens (tertiary/aromatic N) is 2. The van der Waals surface area contributed by atoms with Gasteiger partial charge in [0.2, 0.25) is 0 Å². The number of hydrogen-bond donors (Lipinski definition) is 2. The maximum absolute atomic E-state index is 6.01. The number of halogens is 1. The van der Waals surface area contributed by atoms with Gasteiger partial charge in [0.05, 0.1) is 24.2 Å². The molecule has 0 saturated carbocycles. The van der Waals surface area contributed by atoms with Gasteiger partial charge in [-0.2, -0.15) is 0 Å². The maximum atomic E-state index is 6.01. The van der Waals surface area contributed by atoms with Crippen LogP contribution in [0.4, 0.5) is 17.1 Å². The zero-order valence-corrected chi connectivity index (χ0v) is 14.2. The van der Waals surface area contributed by atoms with E-state index in [2.05, 4.69) is 36.3 Å². The molecule has 6 heteroatoms. The molecule has 0 fully saturated rings. The third kappa shape index (κ3) is 5.52. The van der Waals surface area contributed by atoms with E-state index in [4.69, 9.17) is 22.1 Å². The van der Waals surface area contributed by atoms with E-state index in [-0.39, 0.29) is 0 Å². The average molecular weight is 315 g/mol. The summed E-state index contributed by atoms with van der Waals surface area (Å²) in [5, 5.41) is 3.40. The van der Waals surface area contributed by atoms with Gasteiger partial charge < -0.3 is 25.6 Å².